The summed E-state index contributed by atoms with van der Waals surface area (Å²) in [6.45, 7) is 3.31. The van der Waals surface area contributed by atoms with Crippen LogP contribution in [0.2, 0.25) is 0 Å². The van der Waals surface area contributed by atoms with Crippen molar-refractivity contribution >= 4 is 17.7 Å². The third-order valence-corrected chi connectivity index (χ3v) is 2.58. The molecule has 0 rings (SSSR count). The normalized spacial score (nSPS) is 12.7. The first-order valence-electron chi connectivity index (χ1n) is 4.37. The molecule has 0 aromatic carbocycles. The molecular weight excluding hydrogens is 229 g/mol. The van der Waals surface area contributed by atoms with Gasteiger partial charge >= 0.3 is 5.51 Å². The minimum Gasteiger partial charge on any atom is -0.354 e. The quantitative estimate of drug-likeness (QED) is 0.717. The van der Waals surface area contributed by atoms with Gasteiger partial charge in [0.05, 0.1) is 5.54 Å². The molecule has 0 spiro atoms. The van der Waals surface area contributed by atoms with E-state index in [1.807, 2.05) is 0 Å². The van der Waals surface area contributed by atoms with Crippen LogP contribution in [0.3, 0.4) is 0 Å². The largest absolute Gasteiger partial charge is 0.441 e. The van der Waals surface area contributed by atoms with Crippen molar-refractivity contribution in [3.05, 3.63) is 0 Å². The van der Waals surface area contributed by atoms with Gasteiger partial charge in [-0.05, 0) is 32.7 Å². The topological polar surface area (TPSA) is 41.1 Å². The minimum absolute atomic E-state index is 0.00806. The molecule has 1 amide bonds. The zero-order chi connectivity index (χ0) is 12.1. The van der Waals surface area contributed by atoms with Crippen LogP contribution in [0, 0.1) is 0 Å². The maximum absolute atomic E-state index is 11.7. The van der Waals surface area contributed by atoms with Crippen LogP contribution in [0.1, 0.15) is 13.8 Å². The molecular formula is C8H15F3N2OS. The highest BCUT2D eigenvalue weighted by molar-refractivity contribution is 8.00. The maximum Gasteiger partial charge on any atom is 0.441 e. The molecule has 0 aliphatic heterocycles. The number of carbonyl (C=O) groups excluding carboxylic acids is 1. The molecule has 0 aromatic heterocycles. The lowest BCUT2D eigenvalue weighted by atomic mass is 10.1. The van der Waals surface area contributed by atoms with E-state index in [1.54, 1.807) is 20.9 Å². The van der Waals surface area contributed by atoms with Crippen LogP contribution < -0.4 is 10.6 Å². The highest BCUT2D eigenvalue weighted by Crippen LogP contribution is 2.29. The summed E-state index contributed by atoms with van der Waals surface area (Å²) in [5.41, 5.74) is -4.99. The summed E-state index contributed by atoms with van der Waals surface area (Å²) in [6, 6.07) is 0. The molecule has 2 N–H and O–H groups in total. The van der Waals surface area contributed by atoms with Gasteiger partial charge in [-0.2, -0.15) is 13.2 Å². The number of alkyl halides is 3. The number of nitrogens with one attached hydrogen (secondary N) is 2. The van der Waals surface area contributed by atoms with Crippen molar-refractivity contribution in [1.29, 1.82) is 0 Å². The van der Waals surface area contributed by atoms with Crippen molar-refractivity contribution < 1.29 is 18.0 Å². The van der Waals surface area contributed by atoms with Gasteiger partial charge in [0.1, 0.15) is 0 Å². The van der Waals surface area contributed by atoms with Gasteiger partial charge in [-0.3, -0.25) is 4.79 Å². The third-order valence-electron chi connectivity index (χ3n) is 1.85. The monoisotopic (exact) mass is 244 g/mol. The molecule has 90 valence electrons. The molecule has 0 aliphatic carbocycles. The van der Waals surface area contributed by atoms with Gasteiger partial charge in [0.25, 0.3) is 0 Å². The lowest BCUT2D eigenvalue weighted by molar-refractivity contribution is -0.126. The first-order chi connectivity index (χ1) is 6.69. The Morgan fingerprint density at radius 3 is 2.27 bits per heavy atom. The average Bonchev–Trinajstić information content (AvgIpc) is 2.10. The molecule has 0 radical (unpaired) electrons. The Balaban J connectivity index is 3.74. The van der Waals surface area contributed by atoms with E-state index >= 15 is 0 Å². The van der Waals surface area contributed by atoms with Gasteiger partial charge in [-0.25, -0.2) is 0 Å². The van der Waals surface area contributed by atoms with Gasteiger partial charge in [-0.15, -0.1) is 0 Å². The number of hydrogen-bond donors (Lipinski definition) is 2. The summed E-state index contributed by atoms with van der Waals surface area (Å²) in [6.07, 6.45) is 0. The molecule has 0 saturated carbocycles. The fourth-order valence-corrected chi connectivity index (χ4v) is 1.10. The molecule has 0 fully saturated rings. The summed E-state index contributed by atoms with van der Waals surface area (Å²) < 4.78 is 35.2. The van der Waals surface area contributed by atoms with E-state index in [-0.39, 0.29) is 30.0 Å². The molecule has 3 nitrogen and oxygen atoms in total. The Bertz CT molecular complexity index is 218. The average molecular weight is 244 g/mol. The van der Waals surface area contributed by atoms with E-state index in [4.69, 9.17) is 0 Å². The van der Waals surface area contributed by atoms with Crippen molar-refractivity contribution in [3.8, 4) is 0 Å². The van der Waals surface area contributed by atoms with Crippen molar-refractivity contribution in [2.75, 3.05) is 19.3 Å². The summed E-state index contributed by atoms with van der Waals surface area (Å²) >= 11 is -0.141. The first kappa shape index (κ1) is 14.6. The molecule has 0 saturated heterocycles. The Kier molecular flexibility index (Phi) is 5.44. The van der Waals surface area contributed by atoms with Crippen molar-refractivity contribution in [3.63, 3.8) is 0 Å². The lowest BCUT2D eigenvalue weighted by Crippen LogP contribution is -2.51. The van der Waals surface area contributed by atoms with Crippen molar-refractivity contribution in [2.45, 2.75) is 24.9 Å². The van der Waals surface area contributed by atoms with Crippen LogP contribution in [0.25, 0.3) is 0 Å². The number of halogens is 3. The first-order valence-corrected chi connectivity index (χ1v) is 5.35. The standard InChI is InChI=1S/C8H15F3N2OS/c1-7(2,12-3)6(14)13-4-5-15-8(9,10)11/h12H,4-5H2,1-3H3,(H,13,14). The highest BCUT2D eigenvalue weighted by atomic mass is 32.2. The SMILES string of the molecule is CNC(C)(C)C(=O)NCCSC(F)(F)F. The van der Waals surface area contributed by atoms with Gasteiger partial charge in [0, 0.05) is 12.3 Å². The number of hydrogen-bond acceptors (Lipinski definition) is 3. The second-order valence-corrected chi connectivity index (χ2v) is 4.58. The van der Waals surface area contributed by atoms with Gasteiger partial charge in [0.2, 0.25) is 5.91 Å². The third kappa shape index (κ3) is 6.62. The Labute approximate surface area is 91.2 Å². The number of likely N-dealkylation sites (N-methyl/N-ethyl adjacent to an activating group) is 1. The van der Waals surface area contributed by atoms with Crippen LogP contribution in [0.4, 0.5) is 13.2 Å². The van der Waals surface area contributed by atoms with Crippen molar-refractivity contribution in [2.24, 2.45) is 0 Å². The zero-order valence-electron chi connectivity index (χ0n) is 8.86. The Hall–Kier alpha value is -0.430. The van der Waals surface area contributed by atoms with E-state index in [0.29, 0.717) is 0 Å². The summed E-state index contributed by atoms with van der Waals surface area (Å²) in [5, 5.41) is 5.18. The molecule has 0 aliphatic rings. The lowest BCUT2D eigenvalue weighted by Gasteiger charge is -2.22. The van der Waals surface area contributed by atoms with E-state index in [9.17, 15) is 18.0 Å². The van der Waals surface area contributed by atoms with Crippen molar-refractivity contribution in [1.82, 2.24) is 10.6 Å². The molecule has 0 atom stereocenters. The Morgan fingerprint density at radius 1 is 1.33 bits per heavy atom. The molecule has 15 heavy (non-hydrogen) atoms. The summed E-state index contributed by atoms with van der Waals surface area (Å²) in [4.78, 5) is 11.4. The fraction of sp³-hybridized carbons (Fsp3) is 0.875. The number of amides is 1. The van der Waals surface area contributed by atoms with E-state index in [2.05, 4.69) is 10.6 Å². The highest BCUT2D eigenvalue weighted by Gasteiger charge is 2.28. The van der Waals surface area contributed by atoms with Crippen LogP contribution in [0.5, 0.6) is 0 Å². The maximum atomic E-state index is 11.7. The molecule has 0 bridgehead atoms. The van der Waals surface area contributed by atoms with Crippen LogP contribution in [-0.4, -0.2) is 36.3 Å². The predicted octanol–water partition coefficient (Wildman–Crippen LogP) is 1.35. The van der Waals surface area contributed by atoms with E-state index < -0.39 is 11.0 Å². The van der Waals surface area contributed by atoms with Crippen LogP contribution in [-0.2, 0) is 4.79 Å². The van der Waals surface area contributed by atoms with E-state index in [0.717, 1.165) is 0 Å². The smallest absolute Gasteiger partial charge is 0.354 e. The number of carbonyl (C=O) groups is 1. The van der Waals surface area contributed by atoms with Crippen LogP contribution >= 0.6 is 11.8 Å². The van der Waals surface area contributed by atoms with Gasteiger partial charge in [0.15, 0.2) is 0 Å². The summed E-state index contributed by atoms with van der Waals surface area (Å²) in [7, 11) is 1.62. The second kappa shape index (κ2) is 5.60. The van der Waals surface area contributed by atoms with Crippen LogP contribution in [0.15, 0.2) is 0 Å². The number of thioether (sulfide) groups is 1. The van der Waals surface area contributed by atoms with Gasteiger partial charge < -0.3 is 10.6 Å². The Morgan fingerprint density at radius 2 is 1.87 bits per heavy atom. The molecule has 0 heterocycles. The molecule has 0 aromatic rings. The van der Waals surface area contributed by atoms with Gasteiger partial charge in [-0.1, -0.05) is 0 Å². The second-order valence-electron chi connectivity index (χ2n) is 3.43. The number of rotatable bonds is 5. The zero-order valence-corrected chi connectivity index (χ0v) is 9.68. The molecule has 0 unspecified atom stereocenters. The van der Waals surface area contributed by atoms with E-state index in [1.165, 1.54) is 0 Å². The predicted molar refractivity (Wildman–Crippen MR) is 54.7 cm³/mol. The molecule has 7 heteroatoms. The summed E-state index contributed by atoms with van der Waals surface area (Å²) in [5.74, 6) is -0.484. The minimum atomic E-state index is -4.23. The fourth-order valence-electron chi connectivity index (χ4n) is 0.666.